The first-order chi connectivity index (χ1) is 9.06. The van der Waals surface area contributed by atoms with E-state index in [0.29, 0.717) is 17.5 Å². The largest absolute Gasteiger partial charge is 0.476 e. The van der Waals surface area contributed by atoms with E-state index in [2.05, 4.69) is 11.9 Å². The highest BCUT2D eigenvalue weighted by atomic mass is 35.5. The van der Waals surface area contributed by atoms with Crippen molar-refractivity contribution in [3.8, 4) is 11.6 Å². The first-order valence-corrected chi connectivity index (χ1v) is 6.52. The molecule has 1 atom stereocenters. The summed E-state index contributed by atoms with van der Waals surface area (Å²) < 4.78 is 7.29. The molecule has 0 fully saturated rings. The van der Waals surface area contributed by atoms with Crippen LogP contribution in [0, 0.1) is 5.92 Å². The Bertz CT molecular complexity index is 644. The monoisotopic (exact) mass is 280 g/mol. The second-order valence-electron chi connectivity index (χ2n) is 4.89. The van der Waals surface area contributed by atoms with E-state index in [4.69, 9.17) is 16.0 Å². The van der Waals surface area contributed by atoms with Crippen molar-refractivity contribution in [2.24, 2.45) is 5.92 Å². The van der Waals surface area contributed by atoms with Gasteiger partial charge in [0.25, 0.3) is 0 Å². The molecular weight excluding hydrogens is 268 g/mol. The highest BCUT2D eigenvalue weighted by Crippen LogP contribution is 2.31. The molecule has 5 nitrogen and oxygen atoms in total. The molecule has 3 heterocycles. The van der Waals surface area contributed by atoms with Gasteiger partial charge in [0.2, 0.25) is 0 Å². The second-order valence-corrected chi connectivity index (χ2v) is 5.27. The van der Waals surface area contributed by atoms with Gasteiger partial charge in [-0.3, -0.25) is 0 Å². The van der Waals surface area contributed by atoms with E-state index in [1.54, 1.807) is 12.1 Å². The smallest absolute Gasteiger partial charge is 0.356 e. The Morgan fingerprint density at radius 1 is 1.58 bits per heavy atom. The van der Waals surface area contributed by atoms with Gasteiger partial charge in [-0.25, -0.2) is 9.78 Å². The summed E-state index contributed by atoms with van der Waals surface area (Å²) in [5, 5.41) is 9.51. The minimum Gasteiger partial charge on any atom is -0.476 e. The SMILES string of the molecule is CC1CCc2c(C(=O)O)nc(-c3ccc(Cl)o3)n2C1. The maximum Gasteiger partial charge on any atom is 0.356 e. The van der Waals surface area contributed by atoms with Crippen molar-refractivity contribution in [1.29, 1.82) is 0 Å². The van der Waals surface area contributed by atoms with Crippen LogP contribution in [-0.2, 0) is 13.0 Å². The van der Waals surface area contributed by atoms with E-state index in [0.717, 1.165) is 25.1 Å². The van der Waals surface area contributed by atoms with E-state index in [-0.39, 0.29) is 10.9 Å². The molecule has 0 aromatic carbocycles. The lowest BCUT2D eigenvalue weighted by atomic mass is 9.99. The Morgan fingerprint density at radius 3 is 3.00 bits per heavy atom. The number of imidazole rings is 1. The number of halogens is 1. The molecule has 0 aliphatic carbocycles. The lowest BCUT2D eigenvalue weighted by Crippen LogP contribution is -2.19. The van der Waals surface area contributed by atoms with Gasteiger partial charge in [-0.05, 0) is 42.5 Å². The fraction of sp³-hybridized carbons (Fsp3) is 0.385. The Morgan fingerprint density at radius 2 is 2.37 bits per heavy atom. The van der Waals surface area contributed by atoms with Crippen molar-refractivity contribution >= 4 is 17.6 Å². The highest BCUT2D eigenvalue weighted by Gasteiger charge is 2.28. The minimum absolute atomic E-state index is 0.120. The van der Waals surface area contributed by atoms with Crippen LogP contribution in [0.1, 0.15) is 29.5 Å². The molecule has 0 spiro atoms. The van der Waals surface area contributed by atoms with Gasteiger partial charge < -0.3 is 14.1 Å². The lowest BCUT2D eigenvalue weighted by molar-refractivity contribution is 0.0689. The van der Waals surface area contributed by atoms with E-state index in [9.17, 15) is 9.90 Å². The van der Waals surface area contributed by atoms with Crippen LogP contribution in [0.2, 0.25) is 5.22 Å². The number of aromatic carboxylic acids is 1. The summed E-state index contributed by atoms with van der Waals surface area (Å²) in [5.74, 6) is 0.549. The summed E-state index contributed by atoms with van der Waals surface area (Å²) in [6.45, 7) is 2.89. The predicted octanol–water partition coefficient (Wildman–Crippen LogP) is 3.08. The van der Waals surface area contributed by atoms with Crippen LogP contribution in [0.5, 0.6) is 0 Å². The summed E-state index contributed by atoms with van der Waals surface area (Å²) in [5.41, 5.74) is 0.891. The van der Waals surface area contributed by atoms with Gasteiger partial charge in [0, 0.05) is 6.54 Å². The first kappa shape index (κ1) is 12.3. The molecule has 2 aromatic heterocycles. The normalized spacial score (nSPS) is 18.3. The number of carboxylic acid groups (broad SMARTS) is 1. The lowest BCUT2D eigenvalue weighted by Gasteiger charge is -2.22. The Hall–Kier alpha value is -1.75. The van der Waals surface area contributed by atoms with Gasteiger partial charge in [-0.1, -0.05) is 6.92 Å². The Balaban J connectivity index is 2.17. The molecule has 2 aromatic rings. The summed E-state index contributed by atoms with van der Waals surface area (Å²) in [6.07, 6.45) is 1.70. The third-order valence-corrected chi connectivity index (χ3v) is 3.64. The molecule has 19 heavy (non-hydrogen) atoms. The zero-order valence-corrected chi connectivity index (χ0v) is 11.1. The average Bonchev–Trinajstić information content (AvgIpc) is 2.92. The third-order valence-electron chi connectivity index (χ3n) is 3.44. The van der Waals surface area contributed by atoms with Crippen LogP contribution in [0.4, 0.5) is 0 Å². The minimum atomic E-state index is -0.998. The molecular formula is C13H13ClN2O3. The molecule has 0 amide bonds. The Kier molecular flexibility index (Phi) is 2.86. The second kappa shape index (κ2) is 4.42. The van der Waals surface area contributed by atoms with Crippen molar-refractivity contribution in [1.82, 2.24) is 9.55 Å². The molecule has 100 valence electrons. The molecule has 0 saturated heterocycles. The predicted molar refractivity (Wildman–Crippen MR) is 69.4 cm³/mol. The number of fused-ring (bicyclic) bond motifs is 1. The van der Waals surface area contributed by atoms with Gasteiger partial charge in [0.1, 0.15) is 0 Å². The van der Waals surface area contributed by atoms with Crippen LogP contribution in [0.3, 0.4) is 0 Å². The molecule has 1 unspecified atom stereocenters. The maximum absolute atomic E-state index is 11.3. The zero-order valence-electron chi connectivity index (χ0n) is 10.4. The molecule has 6 heteroatoms. The molecule has 0 saturated carbocycles. The fourth-order valence-corrected chi connectivity index (χ4v) is 2.66. The zero-order chi connectivity index (χ0) is 13.6. The van der Waals surface area contributed by atoms with Gasteiger partial charge >= 0.3 is 5.97 Å². The Labute approximate surface area is 114 Å². The van der Waals surface area contributed by atoms with Crippen molar-refractivity contribution in [2.45, 2.75) is 26.3 Å². The number of nitrogens with zero attached hydrogens (tertiary/aromatic N) is 2. The molecule has 1 aliphatic heterocycles. The van der Waals surface area contributed by atoms with E-state index in [1.165, 1.54) is 0 Å². The standard InChI is InChI=1S/C13H13ClN2O3/c1-7-2-3-8-11(13(17)18)15-12(16(8)6-7)9-4-5-10(14)19-9/h4-5,7H,2-3,6H2,1H3,(H,17,18). The summed E-state index contributed by atoms with van der Waals surface area (Å²) in [6, 6.07) is 3.34. The van der Waals surface area contributed by atoms with Crippen LogP contribution >= 0.6 is 11.6 Å². The van der Waals surface area contributed by atoms with Gasteiger partial charge in [-0.15, -0.1) is 0 Å². The van der Waals surface area contributed by atoms with Crippen molar-refractivity contribution in [2.75, 3.05) is 0 Å². The summed E-state index contributed by atoms with van der Waals surface area (Å²) in [4.78, 5) is 15.5. The van der Waals surface area contributed by atoms with E-state index in [1.807, 2.05) is 4.57 Å². The van der Waals surface area contributed by atoms with Gasteiger partial charge in [0.15, 0.2) is 22.5 Å². The van der Waals surface area contributed by atoms with Crippen LogP contribution < -0.4 is 0 Å². The topological polar surface area (TPSA) is 68.3 Å². The van der Waals surface area contributed by atoms with E-state index >= 15 is 0 Å². The number of hydrogen-bond donors (Lipinski definition) is 1. The highest BCUT2D eigenvalue weighted by molar-refractivity contribution is 6.28. The number of aromatic nitrogens is 2. The fourth-order valence-electron chi connectivity index (χ4n) is 2.52. The van der Waals surface area contributed by atoms with Crippen LogP contribution in [0.25, 0.3) is 11.6 Å². The van der Waals surface area contributed by atoms with Crippen LogP contribution in [0.15, 0.2) is 16.5 Å². The van der Waals surface area contributed by atoms with Gasteiger partial charge in [-0.2, -0.15) is 0 Å². The molecule has 1 N–H and O–H groups in total. The van der Waals surface area contributed by atoms with Crippen molar-refractivity contribution < 1.29 is 14.3 Å². The number of furan rings is 1. The third kappa shape index (κ3) is 2.04. The molecule has 1 aliphatic rings. The number of carboxylic acids is 1. The summed E-state index contributed by atoms with van der Waals surface area (Å²) in [7, 11) is 0. The molecule has 3 rings (SSSR count). The molecule has 0 bridgehead atoms. The van der Waals surface area contributed by atoms with Crippen LogP contribution in [-0.4, -0.2) is 20.6 Å². The number of hydrogen-bond acceptors (Lipinski definition) is 3. The van der Waals surface area contributed by atoms with Crippen molar-refractivity contribution in [3.05, 3.63) is 28.7 Å². The quantitative estimate of drug-likeness (QED) is 0.918. The summed E-state index contributed by atoms with van der Waals surface area (Å²) >= 11 is 5.77. The average molecular weight is 281 g/mol. The van der Waals surface area contributed by atoms with Gasteiger partial charge in [0.05, 0.1) is 5.69 Å². The molecule has 0 radical (unpaired) electrons. The van der Waals surface area contributed by atoms with Crippen molar-refractivity contribution in [3.63, 3.8) is 0 Å². The maximum atomic E-state index is 11.3. The first-order valence-electron chi connectivity index (χ1n) is 6.14. The van der Waals surface area contributed by atoms with E-state index < -0.39 is 5.97 Å². The number of carbonyl (C=O) groups is 1. The number of rotatable bonds is 2.